The van der Waals surface area contributed by atoms with Crippen LogP contribution >= 0.6 is 15.9 Å². The van der Waals surface area contributed by atoms with E-state index in [9.17, 15) is 9.59 Å². The molecule has 0 spiro atoms. The fourth-order valence-electron chi connectivity index (χ4n) is 1.98. The van der Waals surface area contributed by atoms with Gasteiger partial charge in [0.05, 0.1) is 13.2 Å². The average molecular weight is 327 g/mol. The summed E-state index contributed by atoms with van der Waals surface area (Å²) in [5.74, 6) is -0.724. The number of ether oxygens (including phenoxy) is 1. The van der Waals surface area contributed by atoms with E-state index in [2.05, 4.69) is 15.9 Å². The molecule has 1 saturated heterocycles. The summed E-state index contributed by atoms with van der Waals surface area (Å²) in [7, 11) is 0. The topological polar surface area (TPSA) is 72.6 Å². The van der Waals surface area contributed by atoms with Crippen molar-refractivity contribution in [2.45, 2.75) is 11.4 Å². The summed E-state index contributed by atoms with van der Waals surface area (Å²) in [4.78, 5) is 25.2. The van der Waals surface area contributed by atoms with Crippen molar-refractivity contribution >= 4 is 27.7 Å². The highest BCUT2D eigenvalue weighted by molar-refractivity contribution is 9.08. The molecule has 6 heteroatoms. The van der Waals surface area contributed by atoms with Crippen molar-refractivity contribution < 1.29 is 14.3 Å². The maximum atomic E-state index is 12.4. The molecular weight excluding hydrogens is 312 g/mol. The Hall–Kier alpha value is -1.40. The van der Waals surface area contributed by atoms with Gasteiger partial charge >= 0.3 is 0 Å². The summed E-state index contributed by atoms with van der Waals surface area (Å²) in [5, 5.41) is 0.739. The quantitative estimate of drug-likeness (QED) is 0.839. The number of benzene rings is 1. The monoisotopic (exact) mass is 326 g/mol. The van der Waals surface area contributed by atoms with E-state index >= 15 is 0 Å². The zero-order valence-corrected chi connectivity index (χ0v) is 11.9. The Kier molecular flexibility index (Phi) is 4.55. The van der Waals surface area contributed by atoms with Crippen molar-refractivity contribution in [1.82, 2.24) is 4.90 Å². The molecule has 0 aromatic heterocycles. The van der Waals surface area contributed by atoms with Gasteiger partial charge in [0.2, 0.25) is 5.91 Å². The third kappa shape index (κ3) is 3.13. The number of nitrogens with two attached hydrogens (primary N) is 1. The maximum Gasteiger partial charge on any atom is 0.254 e. The van der Waals surface area contributed by atoms with Crippen LogP contribution in [-0.2, 0) is 14.9 Å². The molecule has 1 atom stereocenters. The number of alkyl halides is 1. The molecule has 102 valence electrons. The fraction of sp³-hybridized carbons (Fsp3) is 0.385. The summed E-state index contributed by atoms with van der Waals surface area (Å²) >= 11 is 3.35. The van der Waals surface area contributed by atoms with E-state index in [1.165, 1.54) is 4.90 Å². The van der Waals surface area contributed by atoms with E-state index in [0.717, 1.165) is 10.9 Å². The van der Waals surface area contributed by atoms with Gasteiger partial charge in [0.25, 0.3) is 5.91 Å². The number of primary amides is 1. The number of carbonyl (C=O) groups excluding carboxylic acids is 2. The van der Waals surface area contributed by atoms with E-state index in [1.807, 2.05) is 12.1 Å². The second-order valence-electron chi connectivity index (χ2n) is 4.32. The first-order valence-corrected chi connectivity index (χ1v) is 7.08. The molecule has 1 aromatic rings. The van der Waals surface area contributed by atoms with Crippen molar-refractivity contribution in [3.63, 3.8) is 0 Å². The van der Waals surface area contributed by atoms with Crippen LogP contribution in [0.4, 0.5) is 0 Å². The molecule has 0 bridgehead atoms. The lowest BCUT2D eigenvalue weighted by Gasteiger charge is -2.33. The van der Waals surface area contributed by atoms with Crippen LogP contribution in [0.5, 0.6) is 0 Å². The molecule has 2 N–H and O–H groups in total. The third-order valence-electron chi connectivity index (χ3n) is 3.07. The minimum absolute atomic E-state index is 0.167. The van der Waals surface area contributed by atoms with Gasteiger partial charge in [0.1, 0.15) is 6.04 Å². The highest BCUT2D eigenvalue weighted by Crippen LogP contribution is 2.14. The van der Waals surface area contributed by atoms with Gasteiger partial charge in [-0.05, 0) is 17.7 Å². The van der Waals surface area contributed by atoms with Gasteiger partial charge in [0.15, 0.2) is 0 Å². The Morgan fingerprint density at radius 2 is 2.05 bits per heavy atom. The Labute approximate surface area is 119 Å². The number of hydrogen-bond acceptors (Lipinski definition) is 3. The summed E-state index contributed by atoms with van der Waals surface area (Å²) < 4.78 is 5.20. The first-order chi connectivity index (χ1) is 9.13. The molecule has 0 aliphatic carbocycles. The first kappa shape index (κ1) is 14.0. The largest absolute Gasteiger partial charge is 0.377 e. The molecule has 5 nitrogen and oxygen atoms in total. The van der Waals surface area contributed by atoms with Gasteiger partial charge in [-0.1, -0.05) is 28.1 Å². The fourth-order valence-corrected chi connectivity index (χ4v) is 2.36. The van der Waals surface area contributed by atoms with Crippen LogP contribution in [0.3, 0.4) is 0 Å². The highest BCUT2D eigenvalue weighted by Gasteiger charge is 2.31. The van der Waals surface area contributed by atoms with Gasteiger partial charge in [-0.2, -0.15) is 0 Å². The van der Waals surface area contributed by atoms with E-state index in [4.69, 9.17) is 10.5 Å². The molecule has 1 aromatic carbocycles. The van der Waals surface area contributed by atoms with Crippen LogP contribution < -0.4 is 5.73 Å². The summed E-state index contributed by atoms with van der Waals surface area (Å²) in [6, 6.07) is 6.58. The molecule has 19 heavy (non-hydrogen) atoms. The number of amides is 2. The van der Waals surface area contributed by atoms with Crippen LogP contribution in [0.25, 0.3) is 0 Å². The average Bonchev–Trinajstić information content (AvgIpc) is 2.46. The highest BCUT2D eigenvalue weighted by atomic mass is 79.9. The lowest BCUT2D eigenvalue weighted by atomic mass is 10.1. The van der Waals surface area contributed by atoms with Gasteiger partial charge in [-0.15, -0.1) is 0 Å². The van der Waals surface area contributed by atoms with Crippen LogP contribution in [-0.4, -0.2) is 42.5 Å². The predicted octanol–water partition coefficient (Wildman–Crippen LogP) is 0.908. The number of nitrogens with zero attached hydrogens (tertiary/aromatic N) is 1. The van der Waals surface area contributed by atoms with Gasteiger partial charge < -0.3 is 15.4 Å². The second-order valence-corrected chi connectivity index (χ2v) is 4.88. The van der Waals surface area contributed by atoms with Crippen molar-refractivity contribution in [1.29, 1.82) is 0 Å². The number of carbonyl (C=O) groups is 2. The van der Waals surface area contributed by atoms with Crippen molar-refractivity contribution in [3.8, 4) is 0 Å². The normalized spacial score (nSPS) is 19.2. The number of hydrogen-bond donors (Lipinski definition) is 1. The van der Waals surface area contributed by atoms with E-state index < -0.39 is 11.9 Å². The van der Waals surface area contributed by atoms with Gasteiger partial charge in [-0.25, -0.2) is 0 Å². The zero-order valence-electron chi connectivity index (χ0n) is 10.3. The number of morpholine rings is 1. The minimum atomic E-state index is -0.683. The Morgan fingerprint density at radius 1 is 1.37 bits per heavy atom. The van der Waals surface area contributed by atoms with Crippen molar-refractivity contribution in [3.05, 3.63) is 35.4 Å². The maximum absolute atomic E-state index is 12.4. The lowest BCUT2D eigenvalue weighted by Crippen LogP contribution is -2.54. The summed E-state index contributed by atoms with van der Waals surface area (Å²) in [5.41, 5.74) is 6.94. The Balaban J connectivity index is 2.18. The van der Waals surface area contributed by atoms with Crippen LogP contribution in [0, 0.1) is 0 Å². The Bertz CT molecular complexity index is 475. The molecule has 1 unspecified atom stereocenters. The molecule has 1 fully saturated rings. The molecule has 1 aliphatic rings. The SMILES string of the molecule is NC(=O)C1COCCN1C(=O)c1ccc(CBr)cc1. The summed E-state index contributed by atoms with van der Waals surface area (Å²) in [6.07, 6.45) is 0. The molecular formula is C13H15BrN2O3. The molecule has 2 rings (SSSR count). The van der Waals surface area contributed by atoms with Gasteiger partial charge in [-0.3, -0.25) is 9.59 Å². The van der Waals surface area contributed by atoms with E-state index in [0.29, 0.717) is 18.7 Å². The summed E-state index contributed by atoms with van der Waals surface area (Å²) in [6.45, 7) is 0.974. The first-order valence-electron chi connectivity index (χ1n) is 5.96. The van der Waals surface area contributed by atoms with Gasteiger partial charge in [0, 0.05) is 17.4 Å². The van der Waals surface area contributed by atoms with E-state index in [-0.39, 0.29) is 12.5 Å². The van der Waals surface area contributed by atoms with Crippen LogP contribution in [0.1, 0.15) is 15.9 Å². The molecule has 1 heterocycles. The standard InChI is InChI=1S/C13H15BrN2O3/c14-7-9-1-3-10(4-2-9)13(18)16-5-6-19-8-11(16)12(15)17/h1-4,11H,5-8H2,(H2,15,17). The molecule has 1 aliphatic heterocycles. The second kappa shape index (κ2) is 6.16. The number of halogens is 1. The third-order valence-corrected chi connectivity index (χ3v) is 3.72. The lowest BCUT2D eigenvalue weighted by molar-refractivity contribution is -0.127. The predicted molar refractivity (Wildman–Crippen MR) is 73.9 cm³/mol. The van der Waals surface area contributed by atoms with Crippen LogP contribution in [0.2, 0.25) is 0 Å². The van der Waals surface area contributed by atoms with Crippen LogP contribution in [0.15, 0.2) is 24.3 Å². The molecule has 0 radical (unpaired) electrons. The van der Waals surface area contributed by atoms with E-state index in [1.54, 1.807) is 12.1 Å². The smallest absolute Gasteiger partial charge is 0.254 e. The zero-order chi connectivity index (χ0) is 13.8. The Morgan fingerprint density at radius 3 is 2.63 bits per heavy atom. The van der Waals surface area contributed by atoms with Crippen molar-refractivity contribution in [2.75, 3.05) is 19.8 Å². The minimum Gasteiger partial charge on any atom is -0.377 e. The molecule has 2 amide bonds. The number of rotatable bonds is 3. The van der Waals surface area contributed by atoms with Crippen molar-refractivity contribution in [2.24, 2.45) is 5.73 Å². The molecule has 0 saturated carbocycles.